The molecule has 0 saturated carbocycles. The molecule has 0 bridgehead atoms. The lowest BCUT2D eigenvalue weighted by Crippen LogP contribution is -2.48. The summed E-state index contributed by atoms with van der Waals surface area (Å²) in [5, 5.41) is 8.89. The molecule has 21 heavy (non-hydrogen) atoms. The maximum Gasteiger partial charge on any atom is 0.241 e. The molecule has 0 aromatic heterocycles. The average molecular weight is 307 g/mol. The molecular formula is C14H17N3O3S. The number of sulfonamides is 1. The van der Waals surface area contributed by atoms with Gasteiger partial charge in [-0.3, -0.25) is 4.79 Å². The fourth-order valence-electron chi connectivity index (χ4n) is 2.35. The van der Waals surface area contributed by atoms with E-state index in [2.05, 4.69) is 4.72 Å². The topological polar surface area (TPSA) is 90.3 Å². The van der Waals surface area contributed by atoms with Gasteiger partial charge < -0.3 is 4.90 Å². The summed E-state index contributed by atoms with van der Waals surface area (Å²) in [6, 6.07) is 6.20. The van der Waals surface area contributed by atoms with Crippen LogP contribution in [0.1, 0.15) is 24.0 Å². The molecule has 1 atom stereocenters. The zero-order valence-corrected chi connectivity index (χ0v) is 12.8. The third kappa shape index (κ3) is 3.40. The minimum atomic E-state index is -3.70. The number of rotatable bonds is 3. The summed E-state index contributed by atoms with van der Waals surface area (Å²) in [6.07, 6.45) is 0.820. The number of piperidine rings is 1. The predicted molar refractivity (Wildman–Crippen MR) is 76.9 cm³/mol. The Morgan fingerprint density at radius 3 is 2.76 bits per heavy atom. The molecular weight excluding hydrogens is 290 g/mol. The van der Waals surface area contributed by atoms with Gasteiger partial charge in [-0.15, -0.1) is 0 Å². The summed E-state index contributed by atoms with van der Waals surface area (Å²) >= 11 is 0. The van der Waals surface area contributed by atoms with E-state index in [1.165, 1.54) is 11.0 Å². The van der Waals surface area contributed by atoms with Gasteiger partial charge in [-0.1, -0.05) is 6.07 Å². The summed E-state index contributed by atoms with van der Waals surface area (Å²) in [5.74, 6) is 0.0214. The van der Waals surface area contributed by atoms with Crippen molar-refractivity contribution in [3.05, 3.63) is 29.3 Å². The molecule has 6 nitrogen and oxygen atoms in total. The van der Waals surface area contributed by atoms with Crippen molar-refractivity contribution in [2.45, 2.75) is 30.7 Å². The van der Waals surface area contributed by atoms with Gasteiger partial charge in [0.05, 0.1) is 16.5 Å². The van der Waals surface area contributed by atoms with Crippen LogP contribution in [0, 0.1) is 18.3 Å². The normalized spacial score (nSPS) is 19.4. The molecule has 0 radical (unpaired) electrons. The molecule has 1 saturated heterocycles. The number of benzene rings is 1. The molecule has 2 rings (SSSR count). The molecule has 1 aliphatic heterocycles. The van der Waals surface area contributed by atoms with Crippen molar-refractivity contribution in [3.8, 4) is 6.07 Å². The Hall–Kier alpha value is -1.91. The molecule has 7 heteroatoms. The largest absolute Gasteiger partial charge is 0.344 e. The number of likely N-dealkylation sites (tertiary alicyclic amines) is 1. The Bertz CT molecular complexity index is 707. The van der Waals surface area contributed by atoms with Gasteiger partial charge in [-0.2, -0.15) is 5.26 Å². The quantitative estimate of drug-likeness (QED) is 0.893. The smallest absolute Gasteiger partial charge is 0.241 e. The first kappa shape index (κ1) is 15.5. The van der Waals surface area contributed by atoms with E-state index in [-0.39, 0.29) is 16.8 Å². The number of likely N-dealkylation sites (N-methyl/N-ethyl adjacent to an activating group) is 1. The van der Waals surface area contributed by atoms with Crippen LogP contribution in [0.4, 0.5) is 0 Å². The Morgan fingerprint density at radius 1 is 1.43 bits per heavy atom. The van der Waals surface area contributed by atoms with Crippen LogP contribution in [0.2, 0.25) is 0 Å². The van der Waals surface area contributed by atoms with Crippen LogP contribution in [-0.4, -0.2) is 38.9 Å². The van der Waals surface area contributed by atoms with E-state index in [9.17, 15) is 13.2 Å². The first-order valence-electron chi connectivity index (χ1n) is 6.60. The highest BCUT2D eigenvalue weighted by Gasteiger charge is 2.28. The highest BCUT2D eigenvalue weighted by Crippen LogP contribution is 2.19. The van der Waals surface area contributed by atoms with E-state index in [1.54, 1.807) is 26.1 Å². The number of nitriles is 1. The number of nitrogens with one attached hydrogen (secondary N) is 1. The lowest BCUT2D eigenvalue weighted by Gasteiger charge is -2.30. The fraction of sp³-hybridized carbons (Fsp3) is 0.429. The SMILES string of the molecule is Cc1ccc(C#N)cc1S(=O)(=O)NC1CCC(=O)N(C)C1. The highest BCUT2D eigenvalue weighted by atomic mass is 32.2. The van der Waals surface area contributed by atoms with Gasteiger partial charge in [0.15, 0.2) is 0 Å². The van der Waals surface area contributed by atoms with Gasteiger partial charge in [-0.25, -0.2) is 13.1 Å². The second-order valence-corrected chi connectivity index (χ2v) is 6.91. The molecule has 1 amide bonds. The van der Waals surface area contributed by atoms with Crippen LogP contribution in [0.3, 0.4) is 0 Å². The first-order chi connectivity index (χ1) is 9.83. The zero-order chi connectivity index (χ0) is 15.6. The molecule has 0 spiro atoms. The van der Waals surface area contributed by atoms with Gasteiger partial charge in [0.2, 0.25) is 15.9 Å². The van der Waals surface area contributed by atoms with Crippen molar-refractivity contribution in [2.24, 2.45) is 0 Å². The van der Waals surface area contributed by atoms with Gasteiger partial charge in [0.1, 0.15) is 0 Å². The monoisotopic (exact) mass is 307 g/mol. The minimum Gasteiger partial charge on any atom is -0.344 e. The fourth-order valence-corrected chi connectivity index (χ4v) is 3.88. The number of carbonyl (C=O) groups is 1. The maximum atomic E-state index is 12.5. The summed E-state index contributed by atoms with van der Waals surface area (Å²) in [7, 11) is -2.05. The molecule has 1 N–H and O–H groups in total. The van der Waals surface area contributed by atoms with Crippen molar-refractivity contribution < 1.29 is 13.2 Å². The van der Waals surface area contributed by atoms with Crippen LogP contribution >= 0.6 is 0 Å². The van der Waals surface area contributed by atoms with Crippen molar-refractivity contribution in [1.29, 1.82) is 5.26 Å². The minimum absolute atomic E-state index is 0.0214. The van der Waals surface area contributed by atoms with Gasteiger partial charge in [0.25, 0.3) is 0 Å². The molecule has 1 heterocycles. The summed E-state index contributed by atoms with van der Waals surface area (Å²) < 4.78 is 27.5. The number of hydrogen-bond acceptors (Lipinski definition) is 4. The van der Waals surface area contributed by atoms with E-state index in [1.807, 2.05) is 6.07 Å². The number of amides is 1. The van der Waals surface area contributed by atoms with Crippen molar-refractivity contribution in [3.63, 3.8) is 0 Å². The highest BCUT2D eigenvalue weighted by molar-refractivity contribution is 7.89. The van der Waals surface area contributed by atoms with Crippen LogP contribution in [-0.2, 0) is 14.8 Å². The standard InChI is InChI=1S/C14H17N3O3S/c1-10-3-4-11(8-15)7-13(10)21(19,20)16-12-5-6-14(18)17(2)9-12/h3-4,7,12,16H,5-6,9H2,1-2H3. The van der Waals surface area contributed by atoms with Crippen LogP contribution < -0.4 is 4.72 Å². The molecule has 0 aliphatic carbocycles. The summed E-state index contributed by atoms with van der Waals surface area (Å²) in [6.45, 7) is 2.04. The molecule has 1 fully saturated rings. The molecule has 1 unspecified atom stereocenters. The Kier molecular flexibility index (Phi) is 4.30. The number of aryl methyl sites for hydroxylation is 1. The van der Waals surface area contributed by atoms with E-state index >= 15 is 0 Å². The van der Waals surface area contributed by atoms with E-state index in [0.29, 0.717) is 30.5 Å². The number of nitrogens with zero attached hydrogens (tertiary/aromatic N) is 2. The first-order valence-corrected chi connectivity index (χ1v) is 8.09. The zero-order valence-electron chi connectivity index (χ0n) is 12.0. The Labute approximate surface area is 124 Å². The summed E-state index contributed by atoms with van der Waals surface area (Å²) in [4.78, 5) is 13.1. The molecule has 1 aromatic carbocycles. The lowest BCUT2D eigenvalue weighted by molar-refractivity contribution is -0.132. The van der Waals surface area contributed by atoms with Crippen LogP contribution in [0.25, 0.3) is 0 Å². The molecule has 1 aromatic rings. The summed E-state index contributed by atoms with van der Waals surface area (Å²) in [5.41, 5.74) is 0.888. The number of carbonyl (C=O) groups excluding carboxylic acids is 1. The van der Waals surface area contributed by atoms with Gasteiger partial charge >= 0.3 is 0 Å². The van der Waals surface area contributed by atoms with E-state index in [0.717, 1.165) is 0 Å². The van der Waals surface area contributed by atoms with Crippen molar-refractivity contribution >= 4 is 15.9 Å². The second kappa shape index (κ2) is 5.84. The van der Waals surface area contributed by atoms with E-state index in [4.69, 9.17) is 5.26 Å². The Morgan fingerprint density at radius 2 is 2.14 bits per heavy atom. The Balaban J connectivity index is 2.23. The molecule has 1 aliphatic rings. The lowest BCUT2D eigenvalue weighted by atomic mass is 10.1. The predicted octanol–water partition coefficient (Wildman–Crippen LogP) is 0.766. The van der Waals surface area contributed by atoms with Gasteiger partial charge in [0, 0.05) is 26.1 Å². The van der Waals surface area contributed by atoms with Crippen molar-refractivity contribution in [2.75, 3.05) is 13.6 Å². The number of hydrogen-bond donors (Lipinski definition) is 1. The van der Waals surface area contributed by atoms with Crippen LogP contribution in [0.5, 0.6) is 0 Å². The second-order valence-electron chi connectivity index (χ2n) is 5.22. The average Bonchev–Trinajstić information content (AvgIpc) is 2.43. The van der Waals surface area contributed by atoms with E-state index < -0.39 is 10.0 Å². The maximum absolute atomic E-state index is 12.5. The van der Waals surface area contributed by atoms with Crippen LogP contribution in [0.15, 0.2) is 23.1 Å². The van der Waals surface area contributed by atoms with Gasteiger partial charge in [-0.05, 0) is 31.0 Å². The van der Waals surface area contributed by atoms with Crippen molar-refractivity contribution in [1.82, 2.24) is 9.62 Å². The third-order valence-electron chi connectivity index (χ3n) is 3.56. The third-order valence-corrected chi connectivity index (χ3v) is 5.22. The molecule has 112 valence electrons.